The molecular weight excluding hydrogens is 1080 g/mol. The number of methoxy groups -OCH3 is 2. The van der Waals surface area contributed by atoms with Crippen molar-refractivity contribution in [3.63, 3.8) is 0 Å². The van der Waals surface area contributed by atoms with E-state index in [1.54, 1.807) is 7.11 Å². The molecule has 11 heterocycles. The molecule has 0 aromatic carbocycles. The summed E-state index contributed by atoms with van der Waals surface area (Å²) in [5, 5.41) is 31.8. The molecule has 11 aliphatic rings. The standard InChI is InChI=1S/C63H100O20/c1-12-32(4)57-54(83-82-51-23-46-47(77-56(51)31(2)3)22-45(76-46)42(65)29-64)28-62(81-57)27-53-48(80-62)24-50-59(78-53)36(8)58(37(9)71-50)79-55(66)21-40-16-18-44-60(73-40)49(68-10)25-52(75-44)61-63(67,69-11)26-41(74-61)14-13-39-20-34(6)43(72-39)17-15-38-19-33(5)35(7)30-70-38/h31-33,36-54,56-61,64-65,67H,6-7,12-30H2,1-5,8-11H3/t32-,33+,36+,37-,38-,39?,40?,41?,42?,43-,44?,45?,46?,47?,48+,49?,50-,51?,52?,53+,54?,56?,57?,58?,59-,60-,61?,62-,63+/m0/s1. The highest BCUT2D eigenvalue weighted by atomic mass is 17.2. The summed E-state index contributed by atoms with van der Waals surface area (Å²) in [5.74, 6) is -2.27. The first-order chi connectivity index (χ1) is 39.8. The van der Waals surface area contributed by atoms with Gasteiger partial charge in [-0.05, 0) is 87.2 Å². The summed E-state index contributed by atoms with van der Waals surface area (Å²) in [6.45, 7) is 23.5. The van der Waals surface area contributed by atoms with Crippen LogP contribution < -0.4 is 0 Å². The second kappa shape index (κ2) is 26.4. The summed E-state index contributed by atoms with van der Waals surface area (Å²) in [6.07, 6.45) is 2.40. The van der Waals surface area contributed by atoms with Gasteiger partial charge in [-0.3, -0.25) is 4.79 Å². The maximum atomic E-state index is 13.9. The lowest BCUT2D eigenvalue weighted by Gasteiger charge is -2.49. The second-order valence-electron chi connectivity index (χ2n) is 27.2. The lowest BCUT2D eigenvalue weighted by molar-refractivity contribution is -0.385. The van der Waals surface area contributed by atoms with Crippen molar-refractivity contribution in [1.82, 2.24) is 0 Å². The van der Waals surface area contributed by atoms with Gasteiger partial charge in [-0.25, -0.2) is 9.78 Å². The normalized spacial score (nSPS) is 48.7. The third kappa shape index (κ3) is 13.4. The van der Waals surface area contributed by atoms with Gasteiger partial charge in [-0.15, -0.1) is 0 Å². The van der Waals surface area contributed by atoms with Crippen LogP contribution in [0.25, 0.3) is 0 Å². The highest BCUT2D eigenvalue weighted by Crippen LogP contribution is 2.52. The zero-order valence-corrected chi connectivity index (χ0v) is 50.8. The van der Waals surface area contributed by atoms with E-state index < -0.39 is 66.5 Å². The van der Waals surface area contributed by atoms with Gasteiger partial charge >= 0.3 is 5.97 Å². The molecular formula is C63H100O20. The van der Waals surface area contributed by atoms with Crippen molar-refractivity contribution in [1.29, 1.82) is 0 Å². The molecule has 472 valence electrons. The first kappa shape index (κ1) is 62.8. The average Bonchev–Trinajstić information content (AvgIpc) is 4.49. The average molecular weight is 1180 g/mol. The zero-order chi connectivity index (χ0) is 58.6. The number of esters is 1. The Hall–Kier alpha value is -1.77. The van der Waals surface area contributed by atoms with E-state index in [0.29, 0.717) is 76.7 Å². The van der Waals surface area contributed by atoms with Crippen LogP contribution in [-0.2, 0) is 80.9 Å². The summed E-state index contributed by atoms with van der Waals surface area (Å²) in [5.41, 5.74) is 2.30. The minimum atomic E-state index is -1.54. The van der Waals surface area contributed by atoms with Gasteiger partial charge in [0.2, 0.25) is 0 Å². The van der Waals surface area contributed by atoms with Crippen LogP contribution in [0.3, 0.4) is 0 Å². The lowest BCUT2D eigenvalue weighted by Crippen LogP contribution is -2.60. The molecule has 0 aromatic rings. The number of ether oxygens (including phenoxy) is 14. The molecule has 0 radical (unpaired) electrons. The minimum Gasteiger partial charge on any atom is -0.459 e. The van der Waals surface area contributed by atoms with E-state index >= 15 is 0 Å². The maximum Gasteiger partial charge on any atom is 0.308 e. The van der Waals surface area contributed by atoms with E-state index in [4.69, 9.17) is 76.1 Å². The fourth-order valence-electron chi connectivity index (χ4n) is 16.0. The van der Waals surface area contributed by atoms with Gasteiger partial charge < -0.3 is 81.6 Å². The van der Waals surface area contributed by atoms with E-state index in [1.807, 2.05) is 6.92 Å². The smallest absolute Gasteiger partial charge is 0.308 e. The number of aliphatic hydroxyl groups excluding tert-OH is 2. The molecule has 0 aromatic heterocycles. The van der Waals surface area contributed by atoms with Crippen molar-refractivity contribution in [2.75, 3.05) is 27.4 Å². The third-order valence-corrected chi connectivity index (χ3v) is 21.1. The molecule has 3 N–H and O–H groups in total. The highest BCUT2D eigenvalue weighted by Gasteiger charge is 2.62. The Bertz CT molecular complexity index is 2200. The molecule has 11 rings (SSSR count). The number of aliphatic hydroxyl groups is 3. The molecule has 11 aliphatic heterocycles. The molecule has 29 atom stereocenters. The molecule has 1 spiro atoms. The Balaban J connectivity index is 0.639. The summed E-state index contributed by atoms with van der Waals surface area (Å²) < 4.78 is 90.8. The fourth-order valence-corrected chi connectivity index (χ4v) is 16.0. The van der Waals surface area contributed by atoms with Gasteiger partial charge in [0.25, 0.3) is 0 Å². The van der Waals surface area contributed by atoms with Crippen LogP contribution in [0.15, 0.2) is 24.3 Å². The topological polar surface area (TPSA) is 225 Å². The highest BCUT2D eigenvalue weighted by molar-refractivity contribution is 5.70. The molecule has 20 heteroatoms. The number of rotatable bonds is 20. The van der Waals surface area contributed by atoms with E-state index in [2.05, 4.69) is 54.7 Å². The van der Waals surface area contributed by atoms with Crippen LogP contribution in [0.4, 0.5) is 0 Å². The van der Waals surface area contributed by atoms with Crippen molar-refractivity contribution in [3.05, 3.63) is 24.3 Å². The van der Waals surface area contributed by atoms with E-state index in [-0.39, 0.29) is 128 Å². The number of hydrogen-bond donors (Lipinski definition) is 3. The Kier molecular flexibility index (Phi) is 20.0. The van der Waals surface area contributed by atoms with Crippen molar-refractivity contribution < 1.29 is 96.2 Å². The predicted molar refractivity (Wildman–Crippen MR) is 297 cm³/mol. The van der Waals surface area contributed by atoms with E-state index in [9.17, 15) is 20.1 Å². The maximum absolute atomic E-state index is 13.9. The first-order valence-corrected chi connectivity index (χ1v) is 31.9. The fraction of sp³-hybridized carbons (Fsp3) is 0.921. The van der Waals surface area contributed by atoms with Gasteiger partial charge in [0, 0.05) is 65.1 Å². The van der Waals surface area contributed by atoms with Gasteiger partial charge in [0.15, 0.2) is 11.6 Å². The molecule has 0 saturated carbocycles. The molecule has 0 amide bonds. The quantitative estimate of drug-likeness (QED) is 0.0381. The summed E-state index contributed by atoms with van der Waals surface area (Å²) in [4.78, 5) is 26.7. The molecule has 16 unspecified atom stereocenters. The largest absolute Gasteiger partial charge is 0.459 e. The van der Waals surface area contributed by atoms with Crippen molar-refractivity contribution in [2.45, 2.75) is 316 Å². The number of carbonyl (C=O) groups is 1. The third-order valence-electron chi connectivity index (χ3n) is 21.1. The summed E-state index contributed by atoms with van der Waals surface area (Å²) in [7, 11) is 3.18. The van der Waals surface area contributed by atoms with Crippen molar-refractivity contribution in [3.8, 4) is 0 Å². The lowest BCUT2D eigenvalue weighted by atomic mass is 9.83. The SMILES string of the molecule is C=C1CO[C@@H](CC[C@@H]2OC(CCC3C[C@@](O)(OC)C(C4CC(OC)[C@H]5OC(CC(=O)OC6[C@H](C)O[C@H]7C[C@H]8O[C@@]9(CC(OOC%10CC%11OC(C(O)CO)CC%11OC%10C(C)C)C([C@@H](C)CC)O9)C[C@H]8O[C@H]7[C@@H]6C)CCC5O4)O3)CC2=C)C[C@H]1C. The van der Waals surface area contributed by atoms with Crippen molar-refractivity contribution >= 4 is 5.97 Å². The zero-order valence-electron chi connectivity index (χ0n) is 50.8. The first-order valence-electron chi connectivity index (χ1n) is 31.9. The number of hydrogen-bond acceptors (Lipinski definition) is 20. The molecule has 11 saturated heterocycles. The van der Waals surface area contributed by atoms with Crippen LogP contribution in [0.5, 0.6) is 0 Å². The molecule has 0 bridgehead atoms. The van der Waals surface area contributed by atoms with Crippen LogP contribution in [0.2, 0.25) is 0 Å². The van der Waals surface area contributed by atoms with Crippen LogP contribution in [0, 0.1) is 23.7 Å². The Morgan fingerprint density at radius 1 is 0.687 bits per heavy atom. The Morgan fingerprint density at radius 2 is 1.45 bits per heavy atom. The van der Waals surface area contributed by atoms with Crippen LogP contribution >= 0.6 is 0 Å². The summed E-state index contributed by atoms with van der Waals surface area (Å²) >= 11 is 0. The molecule has 11 fully saturated rings. The number of carbonyl (C=O) groups excluding carboxylic acids is 1. The van der Waals surface area contributed by atoms with Gasteiger partial charge in [-0.1, -0.05) is 61.1 Å². The second-order valence-corrected chi connectivity index (χ2v) is 27.2. The Morgan fingerprint density at radius 3 is 2.19 bits per heavy atom. The molecule has 83 heavy (non-hydrogen) atoms. The molecule has 0 aliphatic carbocycles. The van der Waals surface area contributed by atoms with Crippen LogP contribution in [-0.4, -0.2) is 207 Å². The van der Waals surface area contributed by atoms with Gasteiger partial charge in [0.05, 0.1) is 130 Å². The molecule has 20 nitrogen and oxygen atoms in total. The van der Waals surface area contributed by atoms with E-state index in [1.165, 1.54) is 12.7 Å². The predicted octanol–water partition coefficient (Wildman–Crippen LogP) is 6.67. The van der Waals surface area contributed by atoms with Gasteiger partial charge in [0.1, 0.15) is 36.6 Å². The van der Waals surface area contributed by atoms with Crippen LogP contribution in [0.1, 0.15) is 158 Å². The Labute approximate surface area is 491 Å². The monoisotopic (exact) mass is 1180 g/mol. The van der Waals surface area contributed by atoms with Crippen molar-refractivity contribution in [2.24, 2.45) is 23.7 Å². The van der Waals surface area contributed by atoms with E-state index in [0.717, 1.165) is 44.1 Å². The summed E-state index contributed by atoms with van der Waals surface area (Å²) in [6, 6.07) is 0. The number of fused-ring (bicyclic) bond motifs is 4. The minimum absolute atomic E-state index is 0.0163. The van der Waals surface area contributed by atoms with Gasteiger partial charge in [-0.2, -0.15) is 0 Å².